The fourth-order valence-electron chi connectivity index (χ4n) is 4.82. The van der Waals surface area contributed by atoms with Crippen molar-refractivity contribution >= 4 is 29.1 Å². The predicted octanol–water partition coefficient (Wildman–Crippen LogP) is 4.58. The Morgan fingerprint density at radius 1 is 0.811 bits per heavy atom. The summed E-state index contributed by atoms with van der Waals surface area (Å²) in [4.78, 5) is 42.1. The van der Waals surface area contributed by atoms with Crippen LogP contribution < -0.4 is 25.0 Å². The number of para-hydroxylation sites is 1. The van der Waals surface area contributed by atoms with Gasteiger partial charge >= 0.3 is 11.8 Å². The summed E-state index contributed by atoms with van der Waals surface area (Å²) in [5.74, 6) is -0.977. The van der Waals surface area contributed by atoms with Gasteiger partial charge in [0.05, 0.1) is 0 Å². The molecule has 3 aromatic rings. The van der Waals surface area contributed by atoms with E-state index in [4.69, 9.17) is 9.47 Å². The average Bonchev–Trinajstić information content (AvgIpc) is 3.41. The third kappa shape index (κ3) is 5.58. The van der Waals surface area contributed by atoms with Gasteiger partial charge in [-0.1, -0.05) is 67.8 Å². The minimum absolute atomic E-state index is 0.0441. The van der Waals surface area contributed by atoms with Gasteiger partial charge in [-0.05, 0) is 42.7 Å². The molecule has 1 unspecified atom stereocenters. The molecule has 1 fully saturated rings. The summed E-state index contributed by atoms with van der Waals surface area (Å²) in [5.41, 5.74) is 1.45. The van der Waals surface area contributed by atoms with E-state index in [1.54, 1.807) is 54.6 Å². The van der Waals surface area contributed by atoms with Crippen LogP contribution in [0.3, 0.4) is 0 Å². The van der Waals surface area contributed by atoms with E-state index in [-0.39, 0.29) is 18.7 Å². The monoisotopic (exact) mass is 499 g/mol. The van der Waals surface area contributed by atoms with Crippen LogP contribution in [0.5, 0.6) is 11.5 Å². The van der Waals surface area contributed by atoms with Gasteiger partial charge in [-0.3, -0.25) is 19.3 Å². The molecule has 2 aliphatic rings. The highest BCUT2D eigenvalue weighted by atomic mass is 16.7. The van der Waals surface area contributed by atoms with Crippen molar-refractivity contribution in [2.24, 2.45) is 0 Å². The van der Waals surface area contributed by atoms with E-state index in [9.17, 15) is 14.4 Å². The average molecular weight is 500 g/mol. The van der Waals surface area contributed by atoms with Gasteiger partial charge in [0.1, 0.15) is 6.04 Å². The maximum atomic E-state index is 13.8. The van der Waals surface area contributed by atoms with Crippen LogP contribution in [-0.4, -0.2) is 30.6 Å². The minimum atomic E-state index is -1.03. The number of rotatable bonds is 6. The normalized spacial score (nSPS) is 15.5. The van der Waals surface area contributed by atoms with E-state index < -0.39 is 17.9 Å². The van der Waals surface area contributed by atoms with Crippen molar-refractivity contribution < 1.29 is 23.9 Å². The largest absolute Gasteiger partial charge is 0.454 e. The first-order valence-corrected chi connectivity index (χ1v) is 12.5. The molecule has 0 radical (unpaired) electrons. The molecule has 1 saturated carbocycles. The Bertz CT molecular complexity index is 1260. The van der Waals surface area contributed by atoms with E-state index >= 15 is 0 Å². The van der Waals surface area contributed by atoms with Crippen molar-refractivity contribution in [1.29, 1.82) is 0 Å². The molecule has 1 atom stereocenters. The van der Waals surface area contributed by atoms with Gasteiger partial charge in [0.15, 0.2) is 11.5 Å². The number of carbonyl (C=O) groups is 3. The highest BCUT2D eigenvalue weighted by Crippen LogP contribution is 2.34. The molecular weight excluding hydrogens is 470 g/mol. The van der Waals surface area contributed by atoms with Crippen LogP contribution in [0.15, 0.2) is 78.9 Å². The van der Waals surface area contributed by atoms with Gasteiger partial charge in [0, 0.05) is 23.5 Å². The minimum Gasteiger partial charge on any atom is -0.454 e. The molecule has 0 spiro atoms. The molecule has 2 N–H and O–H groups in total. The number of carbonyl (C=O) groups excluding carboxylic acids is 3. The molecule has 190 valence electrons. The van der Waals surface area contributed by atoms with Crippen molar-refractivity contribution in [3.8, 4) is 11.5 Å². The number of nitrogens with one attached hydrogen (secondary N) is 2. The Balaban J connectivity index is 1.47. The lowest BCUT2D eigenvalue weighted by Crippen LogP contribution is -2.50. The number of amides is 3. The summed E-state index contributed by atoms with van der Waals surface area (Å²) < 4.78 is 10.7. The van der Waals surface area contributed by atoms with Crippen LogP contribution in [0.25, 0.3) is 0 Å². The molecular formula is C29H29N3O5. The Hall–Kier alpha value is -4.33. The quantitative estimate of drug-likeness (QED) is 0.484. The third-order valence-electron chi connectivity index (χ3n) is 6.65. The molecule has 37 heavy (non-hydrogen) atoms. The maximum Gasteiger partial charge on any atom is 0.317 e. The number of nitrogens with zero attached hydrogens (tertiary/aromatic N) is 1. The molecule has 1 aliphatic heterocycles. The fourth-order valence-corrected chi connectivity index (χ4v) is 4.82. The molecule has 1 heterocycles. The number of ether oxygens (including phenoxy) is 2. The molecule has 1 aliphatic carbocycles. The van der Waals surface area contributed by atoms with E-state index in [0.717, 1.165) is 32.1 Å². The van der Waals surface area contributed by atoms with E-state index in [2.05, 4.69) is 10.6 Å². The molecule has 0 bridgehead atoms. The standard InChI is InChI=1S/C29H29N3O5/c33-27(30-21-12-6-2-7-13-21)26(20-10-4-1-5-11-20)32(23-14-8-3-9-15-23)29(35)28(34)31-22-16-17-24-25(18-22)37-19-36-24/h1,3-5,8-11,14-18,21,26H,2,6-7,12-13,19H2,(H,30,33)(H,31,34). The third-order valence-corrected chi connectivity index (χ3v) is 6.65. The lowest BCUT2D eigenvalue weighted by molar-refractivity contribution is -0.136. The van der Waals surface area contributed by atoms with Crippen molar-refractivity contribution in [3.05, 3.63) is 84.4 Å². The molecule has 3 amide bonds. The van der Waals surface area contributed by atoms with Gasteiger partial charge in [-0.2, -0.15) is 0 Å². The van der Waals surface area contributed by atoms with Gasteiger partial charge in [-0.25, -0.2) is 0 Å². The first kappa shape index (κ1) is 24.4. The molecule has 0 aromatic heterocycles. The highest BCUT2D eigenvalue weighted by molar-refractivity contribution is 6.45. The second-order valence-corrected chi connectivity index (χ2v) is 9.19. The predicted molar refractivity (Wildman–Crippen MR) is 139 cm³/mol. The summed E-state index contributed by atoms with van der Waals surface area (Å²) >= 11 is 0. The van der Waals surface area contributed by atoms with Crippen molar-refractivity contribution in [2.45, 2.75) is 44.2 Å². The number of fused-ring (bicyclic) bond motifs is 1. The maximum absolute atomic E-state index is 13.8. The lowest BCUT2D eigenvalue weighted by atomic mass is 9.94. The topological polar surface area (TPSA) is 97.0 Å². The number of benzene rings is 3. The Kier molecular flexibility index (Phi) is 7.35. The number of hydrogen-bond acceptors (Lipinski definition) is 5. The lowest BCUT2D eigenvalue weighted by Gasteiger charge is -2.33. The fraction of sp³-hybridized carbons (Fsp3) is 0.276. The number of hydrogen-bond donors (Lipinski definition) is 2. The zero-order valence-corrected chi connectivity index (χ0v) is 20.4. The summed E-state index contributed by atoms with van der Waals surface area (Å²) in [6, 6.07) is 21.8. The van der Waals surface area contributed by atoms with Crippen LogP contribution in [0, 0.1) is 0 Å². The van der Waals surface area contributed by atoms with Crippen molar-refractivity contribution in [3.63, 3.8) is 0 Å². The number of anilines is 2. The molecule has 8 nitrogen and oxygen atoms in total. The first-order chi connectivity index (χ1) is 18.1. The van der Waals surface area contributed by atoms with E-state index in [0.29, 0.717) is 28.4 Å². The molecule has 0 saturated heterocycles. The van der Waals surface area contributed by atoms with E-state index in [1.807, 2.05) is 24.3 Å². The van der Waals surface area contributed by atoms with Gasteiger partial charge in [0.25, 0.3) is 0 Å². The molecule has 5 rings (SSSR count). The zero-order valence-electron chi connectivity index (χ0n) is 20.4. The van der Waals surface area contributed by atoms with Crippen LogP contribution >= 0.6 is 0 Å². The summed E-state index contributed by atoms with van der Waals surface area (Å²) in [7, 11) is 0. The summed E-state index contributed by atoms with van der Waals surface area (Å²) in [5, 5.41) is 5.80. The SMILES string of the molecule is O=C(Nc1ccc2c(c1)OCO2)C(=O)N(c1ccccc1)C(C(=O)NC1CCCCC1)c1ccccc1. The summed E-state index contributed by atoms with van der Waals surface area (Å²) in [6.45, 7) is 0.0995. The molecule has 3 aromatic carbocycles. The Morgan fingerprint density at radius 2 is 1.49 bits per heavy atom. The van der Waals surface area contributed by atoms with E-state index in [1.165, 1.54) is 4.90 Å². The van der Waals surface area contributed by atoms with Crippen LogP contribution in [0.4, 0.5) is 11.4 Å². The van der Waals surface area contributed by atoms with Crippen LogP contribution in [-0.2, 0) is 14.4 Å². The first-order valence-electron chi connectivity index (χ1n) is 12.5. The van der Waals surface area contributed by atoms with Gasteiger partial charge < -0.3 is 20.1 Å². The second-order valence-electron chi connectivity index (χ2n) is 9.19. The Morgan fingerprint density at radius 3 is 2.22 bits per heavy atom. The summed E-state index contributed by atoms with van der Waals surface area (Å²) in [6.07, 6.45) is 5.07. The zero-order chi connectivity index (χ0) is 25.6. The smallest absolute Gasteiger partial charge is 0.317 e. The molecule has 8 heteroatoms. The Labute approximate surface area is 215 Å². The van der Waals surface area contributed by atoms with Gasteiger partial charge in [-0.15, -0.1) is 0 Å². The van der Waals surface area contributed by atoms with Crippen molar-refractivity contribution in [1.82, 2.24) is 5.32 Å². The van der Waals surface area contributed by atoms with Crippen LogP contribution in [0.2, 0.25) is 0 Å². The van der Waals surface area contributed by atoms with Gasteiger partial charge in [0.2, 0.25) is 12.7 Å². The highest BCUT2D eigenvalue weighted by Gasteiger charge is 2.37. The van der Waals surface area contributed by atoms with Crippen LogP contribution in [0.1, 0.15) is 43.7 Å². The van der Waals surface area contributed by atoms with Crippen molar-refractivity contribution in [2.75, 3.05) is 17.0 Å². The second kappa shape index (κ2) is 11.2.